The van der Waals surface area contributed by atoms with Crippen LogP contribution in [0, 0.1) is 11.3 Å². The Balaban J connectivity index is 2.42. The van der Waals surface area contributed by atoms with Crippen LogP contribution in [-0.2, 0) is 14.8 Å². The first-order chi connectivity index (χ1) is 9.91. The molecule has 1 N–H and O–H groups in total. The Morgan fingerprint density at radius 3 is 2.81 bits per heavy atom. The average Bonchev–Trinajstić information content (AvgIpc) is 3.05. The highest BCUT2D eigenvalue weighted by Gasteiger charge is 2.46. The lowest BCUT2D eigenvalue weighted by Crippen LogP contribution is -2.45. The monoisotopic (exact) mass is 346 g/mol. The Hall–Kier alpha value is -1.08. The quantitative estimate of drug-likeness (QED) is 0.875. The smallest absolute Gasteiger partial charge is 0.322 e. The van der Waals surface area contributed by atoms with Gasteiger partial charge in [-0.2, -0.15) is 9.57 Å². The van der Waals surface area contributed by atoms with E-state index in [1.54, 1.807) is 0 Å². The van der Waals surface area contributed by atoms with E-state index in [1.165, 1.54) is 23.9 Å². The molecule has 6 nitrogen and oxygen atoms in total. The van der Waals surface area contributed by atoms with Crippen LogP contribution in [0.1, 0.15) is 24.6 Å². The first-order valence-electron chi connectivity index (χ1n) is 6.29. The number of sulfonamides is 1. The minimum absolute atomic E-state index is 0.0221. The van der Waals surface area contributed by atoms with E-state index in [4.69, 9.17) is 5.26 Å². The van der Waals surface area contributed by atoms with Crippen LogP contribution in [0.5, 0.6) is 0 Å². The zero-order valence-corrected chi connectivity index (χ0v) is 13.7. The van der Waals surface area contributed by atoms with E-state index in [0.717, 1.165) is 22.1 Å². The van der Waals surface area contributed by atoms with Crippen molar-refractivity contribution in [2.24, 2.45) is 0 Å². The highest BCUT2D eigenvalue weighted by Crippen LogP contribution is 2.38. The van der Waals surface area contributed by atoms with Crippen LogP contribution in [0.3, 0.4) is 0 Å². The summed E-state index contributed by atoms with van der Waals surface area (Å²) in [5.74, 6) is -0.892. The van der Waals surface area contributed by atoms with Gasteiger partial charge in [0.05, 0.1) is 5.37 Å². The van der Waals surface area contributed by atoms with Gasteiger partial charge < -0.3 is 5.11 Å². The first-order valence-corrected chi connectivity index (χ1v) is 9.60. The van der Waals surface area contributed by atoms with Crippen LogP contribution in [0.25, 0.3) is 0 Å². The number of carbonyl (C=O) groups is 1. The fraction of sp³-hybridized carbons (Fsp3) is 0.500. The summed E-state index contributed by atoms with van der Waals surface area (Å²) < 4.78 is 26.5. The van der Waals surface area contributed by atoms with Gasteiger partial charge in [0.25, 0.3) is 10.0 Å². The Morgan fingerprint density at radius 1 is 1.57 bits per heavy atom. The number of hydrogen-bond donors (Lipinski definition) is 1. The molecule has 2 heterocycles. The maximum atomic E-state index is 12.7. The number of carboxylic acid groups (broad SMARTS) is 1. The minimum Gasteiger partial charge on any atom is -0.480 e. The summed E-state index contributed by atoms with van der Waals surface area (Å²) in [7, 11) is -3.89. The fourth-order valence-corrected chi connectivity index (χ4v) is 7.00. The van der Waals surface area contributed by atoms with Crippen molar-refractivity contribution < 1.29 is 18.3 Å². The van der Waals surface area contributed by atoms with Gasteiger partial charge in [0.15, 0.2) is 0 Å². The van der Waals surface area contributed by atoms with Crippen LogP contribution < -0.4 is 0 Å². The van der Waals surface area contributed by atoms with Crippen molar-refractivity contribution in [2.75, 3.05) is 5.75 Å². The maximum Gasteiger partial charge on any atom is 0.322 e. The maximum absolute atomic E-state index is 12.7. The third kappa shape index (κ3) is 3.08. The minimum atomic E-state index is -3.89. The van der Waals surface area contributed by atoms with Crippen LogP contribution in [0.15, 0.2) is 16.3 Å². The number of rotatable bonds is 5. The molecule has 1 aromatic heterocycles. The molecule has 2 rings (SSSR count). The van der Waals surface area contributed by atoms with E-state index in [2.05, 4.69) is 0 Å². The van der Waals surface area contributed by atoms with Gasteiger partial charge in [0.2, 0.25) is 0 Å². The molecule has 0 saturated carbocycles. The van der Waals surface area contributed by atoms with Crippen LogP contribution in [-0.4, -0.2) is 41.0 Å². The van der Waals surface area contributed by atoms with Crippen molar-refractivity contribution in [1.29, 1.82) is 5.26 Å². The third-order valence-corrected chi connectivity index (χ3v) is 7.95. The number of thioether (sulfide) groups is 1. The van der Waals surface area contributed by atoms with Gasteiger partial charge in [-0.25, -0.2) is 8.42 Å². The van der Waals surface area contributed by atoms with Crippen molar-refractivity contribution in [3.8, 4) is 6.07 Å². The average molecular weight is 346 g/mol. The molecule has 1 aliphatic rings. The second-order valence-electron chi connectivity index (χ2n) is 4.50. The van der Waals surface area contributed by atoms with Crippen molar-refractivity contribution in [2.45, 2.75) is 35.4 Å². The van der Waals surface area contributed by atoms with Gasteiger partial charge in [0, 0.05) is 5.75 Å². The molecular formula is C12H14N2O4S3. The third-order valence-electron chi connectivity index (χ3n) is 3.08. The molecule has 0 bridgehead atoms. The molecule has 0 radical (unpaired) electrons. The van der Waals surface area contributed by atoms with Gasteiger partial charge >= 0.3 is 5.97 Å². The molecule has 1 fully saturated rings. The molecule has 0 amide bonds. The van der Waals surface area contributed by atoms with Gasteiger partial charge in [-0.3, -0.25) is 4.79 Å². The largest absolute Gasteiger partial charge is 0.480 e. The predicted molar refractivity (Wildman–Crippen MR) is 80.6 cm³/mol. The van der Waals surface area contributed by atoms with Crippen molar-refractivity contribution >= 4 is 39.1 Å². The predicted octanol–water partition coefficient (Wildman–Crippen LogP) is 1.94. The topological polar surface area (TPSA) is 98.5 Å². The lowest BCUT2D eigenvalue weighted by molar-refractivity contribution is -0.140. The molecule has 0 spiro atoms. The molecular weight excluding hydrogens is 332 g/mol. The number of nitriles is 1. The summed E-state index contributed by atoms with van der Waals surface area (Å²) in [5, 5.41) is 17.7. The Labute approximate surface area is 131 Å². The summed E-state index contributed by atoms with van der Waals surface area (Å²) in [4.78, 5) is 11.6. The zero-order chi connectivity index (χ0) is 15.6. The summed E-state index contributed by atoms with van der Waals surface area (Å²) in [6, 6.07) is 3.64. The summed E-state index contributed by atoms with van der Waals surface area (Å²) in [5.41, 5.74) is 0. The van der Waals surface area contributed by atoms with E-state index in [0.29, 0.717) is 11.3 Å². The lowest BCUT2D eigenvalue weighted by atomic mass is 10.3. The van der Waals surface area contributed by atoms with Crippen molar-refractivity contribution in [1.82, 2.24) is 4.31 Å². The summed E-state index contributed by atoms with van der Waals surface area (Å²) in [6.07, 6.45) is 1.37. The molecule has 9 heteroatoms. The molecule has 1 aromatic rings. The summed E-state index contributed by atoms with van der Waals surface area (Å²) >= 11 is 2.22. The van der Waals surface area contributed by atoms with E-state index in [9.17, 15) is 18.3 Å². The van der Waals surface area contributed by atoms with E-state index < -0.39 is 22.0 Å². The van der Waals surface area contributed by atoms with Crippen molar-refractivity contribution in [3.63, 3.8) is 0 Å². The van der Waals surface area contributed by atoms with Crippen molar-refractivity contribution in [3.05, 3.63) is 17.0 Å². The SMILES string of the molecule is CCCC1SCC(C(=O)O)N1S(=O)(=O)c1ccc(C#N)s1. The number of aliphatic carboxylic acids is 1. The molecule has 0 aliphatic carbocycles. The number of thiophene rings is 1. The molecule has 1 saturated heterocycles. The van der Waals surface area contributed by atoms with E-state index in [-0.39, 0.29) is 15.3 Å². The van der Waals surface area contributed by atoms with Crippen LogP contribution >= 0.6 is 23.1 Å². The highest BCUT2D eigenvalue weighted by atomic mass is 32.2. The highest BCUT2D eigenvalue weighted by molar-refractivity contribution is 8.01. The molecule has 1 aliphatic heterocycles. The molecule has 0 aromatic carbocycles. The fourth-order valence-electron chi connectivity index (χ4n) is 2.13. The Bertz CT molecular complexity index is 677. The number of carboxylic acids is 1. The second-order valence-corrected chi connectivity index (χ2v) is 8.86. The van der Waals surface area contributed by atoms with E-state index >= 15 is 0 Å². The van der Waals surface area contributed by atoms with Gasteiger partial charge in [-0.15, -0.1) is 23.1 Å². The summed E-state index contributed by atoms with van der Waals surface area (Å²) in [6.45, 7) is 1.93. The Morgan fingerprint density at radius 2 is 2.29 bits per heavy atom. The molecule has 114 valence electrons. The van der Waals surface area contributed by atoms with Crippen LogP contribution in [0.2, 0.25) is 0 Å². The van der Waals surface area contributed by atoms with Gasteiger partial charge in [-0.1, -0.05) is 13.3 Å². The molecule has 2 atom stereocenters. The Kier molecular flexibility index (Phi) is 4.93. The lowest BCUT2D eigenvalue weighted by Gasteiger charge is -2.25. The van der Waals surface area contributed by atoms with Gasteiger partial charge in [-0.05, 0) is 18.6 Å². The number of hydrogen-bond acceptors (Lipinski definition) is 6. The normalized spacial score (nSPS) is 23.0. The zero-order valence-electron chi connectivity index (χ0n) is 11.2. The number of nitrogens with zero attached hydrogens (tertiary/aromatic N) is 2. The molecule has 2 unspecified atom stereocenters. The first kappa shape index (κ1) is 16.3. The standard InChI is InChI=1S/C12H14N2O4S3/c1-2-3-10-14(9(7-19-10)12(15)16)21(17,18)11-5-4-8(6-13)20-11/h4-5,9-10H,2-3,7H2,1H3,(H,15,16). The second kappa shape index (κ2) is 6.36. The van der Waals surface area contributed by atoms with Gasteiger partial charge in [0.1, 0.15) is 21.2 Å². The van der Waals surface area contributed by atoms with E-state index in [1.807, 2.05) is 13.0 Å². The van der Waals surface area contributed by atoms with Crippen LogP contribution in [0.4, 0.5) is 0 Å². The molecule has 21 heavy (non-hydrogen) atoms.